The molecule has 1 N–H and O–H groups in total. The van der Waals surface area contributed by atoms with Gasteiger partial charge in [-0.3, -0.25) is 4.98 Å². The van der Waals surface area contributed by atoms with Gasteiger partial charge in [0.05, 0.1) is 24.9 Å². The molecule has 0 amide bonds. The minimum atomic E-state index is -0.0412. The summed E-state index contributed by atoms with van der Waals surface area (Å²) in [5.41, 5.74) is 3.16. The molecule has 156 valence electrons. The van der Waals surface area contributed by atoms with Gasteiger partial charge in [0.25, 0.3) is 0 Å². The molecule has 0 bridgehead atoms. The molecule has 2 atom stereocenters. The van der Waals surface area contributed by atoms with E-state index < -0.39 is 0 Å². The fraction of sp³-hybridized carbons (Fsp3) is 0.304. The lowest BCUT2D eigenvalue weighted by atomic mass is 10.0. The van der Waals surface area contributed by atoms with Crippen LogP contribution in [-0.4, -0.2) is 46.9 Å². The molecule has 3 aromatic rings. The Labute approximate surface area is 182 Å². The number of hydrogen-bond acceptors (Lipinski definition) is 4. The van der Waals surface area contributed by atoms with Crippen molar-refractivity contribution in [2.75, 3.05) is 27.4 Å². The van der Waals surface area contributed by atoms with E-state index in [4.69, 9.17) is 21.7 Å². The van der Waals surface area contributed by atoms with E-state index in [1.165, 1.54) is 0 Å². The van der Waals surface area contributed by atoms with Crippen LogP contribution in [0.3, 0.4) is 0 Å². The molecule has 4 rings (SSSR count). The highest BCUT2D eigenvalue weighted by Crippen LogP contribution is 2.39. The lowest BCUT2D eigenvalue weighted by molar-refractivity contribution is 0.180. The zero-order valence-corrected chi connectivity index (χ0v) is 18.0. The number of thiocarbonyl (C=S) groups is 1. The molecule has 1 aliphatic rings. The summed E-state index contributed by atoms with van der Waals surface area (Å²) in [5.74, 6) is 0.824. The van der Waals surface area contributed by atoms with E-state index in [-0.39, 0.29) is 12.1 Å². The Kier molecular flexibility index (Phi) is 6.30. The molecule has 6 nitrogen and oxygen atoms in total. The predicted octanol–water partition coefficient (Wildman–Crippen LogP) is 3.89. The maximum absolute atomic E-state index is 5.73. The average molecular weight is 423 g/mol. The zero-order valence-electron chi connectivity index (χ0n) is 17.2. The fourth-order valence-corrected chi connectivity index (χ4v) is 4.31. The molecule has 7 heteroatoms. The van der Waals surface area contributed by atoms with Crippen molar-refractivity contribution in [2.24, 2.45) is 0 Å². The highest BCUT2D eigenvalue weighted by atomic mass is 32.1. The summed E-state index contributed by atoms with van der Waals surface area (Å²) in [4.78, 5) is 6.86. The van der Waals surface area contributed by atoms with Crippen molar-refractivity contribution >= 4 is 17.3 Å². The number of nitrogens with one attached hydrogen (secondary N) is 1. The maximum Gasteiger partial charge on any atom is 0.170 e. The predicted molar refractivity (Wildman–Crippen MR) is 121 cm³/mol. The minimum absolute atomic E-state index is 0.00505. The average Bonchev–Trinajstić information content (AvgIpc) is 3.39. The van der Waals surface area contributed by atoms with Crippen molar-refractivity contribution in [2.45, 2.75) is 18.5 Å². The van der Waals surface area contributed by atoms with E-state index >= 15 is 0 Å². The minimum Gasteiger partial charge on any atom is -0.497 e. The fourth-order valence-electron chi connectivity index (χ4n) is 3.98. The summed E-state index contributed by atoms with van der Waals surface area (Å²) in [6, 6.07) is 18.2. The molecule has 1 aliphatic heterocycles. The largest absolute Gasteiger partial charge is 0.497 e. The van der Waals surface area contributed by atoms with Crippen LogP contribution in [0.1, 0.15) is 29.9 Å². The number of methoxy groups -OCH3 is 2. The van der Waals surface area contributed by atoms with Gasteiger partial charge < -0.3 is 24.3 Å². The molecule has 0 spiro atoms. The summed E-state index contributed by atoms with van der Waals surface area (Å²) in [6.45, 7) is 1.49. The monoisotopic (exact) mass is 422 g/mol. The Balaban J connectivity index is 1.76. The van der Waals surface area contributed by atoms with E-state index in [1.54, 1.807) is 14.2 Å². The number of hydrogen-bond donors (Lipinski definition) is 1. The van der Waals surface area contributed by atoms with Crippen molar-refractivity contribution in [3.05, 3.63) is 78.4 Å². The van der Waals surface area contributed by atoms with Crippen molar-refractivity contribution in [1.82, 2.24) is 19.8 Å². The van der Waals surface area contributed by atoms with Gasteiger partial charge in [0.2, 0.25) is 0 Å². The van der Waals surface area contributed by atoms with E-state index in [2.05, 4.69) is 44.2 Å². The second-order valence-electron chi connectivity index (χ2n) is 7.17. The van der Waals surface area contributed by atoms with Crippen LogP contribution in [0, 0.1) is 0 Å². The zero-order chi connectivity index (χ0) is 20.9. The molecule has 0 radical (unpaired) electrons. The first-order valence-corrected chi connectivity index (χ1v) is 10.4. The van der Waals surface area contributed by atoms with Gasteiger partial charge in [-0.25, -0.2) is 0 Å². The van der Waals surface area contributed by atoms with E-state index in [0.29, 0.717) is 6.61 Å². The Morgan fingerprint density at radius 1 is 1.10 bits per heavy atom. The van der Waals surface area contributed by atoms with Crippen molar-refractivity contribution in [1.29, 1.82) is 0 Å². The SMILES string of the molecule is COCCCN1C(=S)N[C@H](c2ccccn2)[C@@H]1c1cccn1-c1cccc(OC)c1. The normalized spacial score (nSPS) is 18.5. The van der Waals surface area contributed by atoms with Gasteiger partial charge in [0, 0.05) is 50.1 Å². The van der Waals surface area contributed by atoms with Gasteiger partial charge in [0.15, 0.2) is 5.11 Å². The number of rotatable bonds is 8. The molecular formula is C23H26N4O2S. The van der Waals surface area contributed by atoms with Gasteiger partial charge in [-0.2, -0.15) is 0 Å². The molecular weight excluding hydrogens is 396 g/mol. The summed E-state index contributed by atoms with van der Waals surface area (Å²) in [6.07, 6.45) is 4.80. The molecule has 3 heterocycles. The molecule has 0 unspecified atom stereocenters. The van der Waals surface area contributed by atoms with E-state index in [0.717, 1.165) is 40.9 Å². The van der Waals surface area contributed by atoms with Crippen LogP contribution in [0.4, 0.5) is 0 Å². The second-order valence-corrected chi connectivity index (χ2v) is 7.56. The lowest BCUT2D eigenvalue weighted by Crippen LogP contribution is -2.32. The number of benzene rings is 1. The Bertz CT molecular complexity index is 992. The van der Waals surface area contributed by atoms with Gasteiger partial charge in [-0.15, -0.1) is 0 Å². The number of pyridine rings is 1. The second kappa shape index (κ2) is 9.28. The molecule has 0 aliphatic carbocycles. The first kappa shape index (κ1) is 20.4. The molecule has 1 saturated heterocycles. The Morgan fingerprint density at radius 2 is 2.00 bits per heavy atom. The van der Waals surface area contributed by atoms with Crippen LogP contribution < -0.4 is 10.1 Å². The van der Waals surface area contributed by atoms with Gasteiger partial charge in [-0.1, -0.05) is 12.1 Å². The maximum atomic E-state index is 5.73. The number of aromatic nitrogens is 2. The summed E-state index contributed by atoms with van der Waals surface area (Å²) < 4.78 is 12.9. The van der Waals surface area contributed by atoms with Crippen LogP contribution in [0.5, 0.6) is 5.75 Å². The smallest absolute Gasteiger partial charge is 0.170 e. The molecule has 1 fully saturated rings. The van der Waals surface area contributed by atoms with Crippen LogP contribution in [-0.2, 0) is 4.74 Å². The molecule has 2 aromatic heterocycles. The summed E-state index contributed by atoms with van der Waals surface area (Å²) in [7, 11) is 3.41. The molecule has 1 aromatic carbocycles. The van der Waals surface area contributed by atoms with Gasteiger partial charge in [0.1, 0.15) is 5.75 Å². The number of ether oxygens (including phenoxy) is 2. The van der Waals surface area contributed by atoms with Crippen LogP contribution in [0.15, 0.2) is 67.0 Å². The Hall–Kier alpha value is -2.90. The first-order valence-electron chi connectivity index (χ1n) is 10.0. The van der Waals surface area contributed by atoms with Crippen molar-refractivity contribution in [3.8, 4) is 11.4 Å². The summed E-state index contributed by atoms with van der Waals surface area (Å²) in [5, 5.41) is 4.24. The third kappa shape index (κ3) is 4.04. The summed E-state index contributed by atoms with van der Waals surface area (Å²) >= 11 is 5.73. The number of nitrogens with zero attached hydrogens (tertiary/aromatic N) is 3. The van der Waals surface area contributed by atoms with Crippen molar-refractivity contribution in [3.63, 3.8) is 0 Å². The molecule has 30 heavy (non-hydrogen) atoms. The quantitative estimate of drug-likeness (QED) is 0.439. The topological polar surface area (TPSA) is 51.5 Å². The van der Waals surface area contributed by atoms with Crippen LogP contribution >= 0.6 is 12.2 Å². The van der Waals surface area contributed by atoms with Crippen LogP contribution in [0.25, 0.3) is 5.69 Å². The third-order valence-electron chi connectivity index (χ3n) is 5.36. The van der Waals surface area contributed by atoms with E-state index in [9.17, 15) is 0 Å². The van der Waals surface area contributed by atoms with Crippen LogP contribution in [0.2, 0.25) is 0 Å². The van der Waals surface area contributed by atoms with Crippen molar-refractivity contribution < 1.29 is 9.47 Å². The highest BCUT2D eigenvalue weighted by Gasteiger charge is 2.40. The van der Waals surface area contributed by atoms with Gasteiger partial charge in [-0.05, 0) is 55.0 Å². The first-order chi connectivity index (χ1) is 14.7. The lowest BCUT2D eigenvalue weighted by Gasteiger charge is -2.29. The third-order valence-corrected chi connectivity index (χ3v) is 5.71. The van der Waals surface area contributed by atoms with E-state index in [1.807, 2.05) is 42.6 Å². The van der Waals surface area contributed by atoms with Gasteiger partial charge >= 0.3 is 0 Å². The molecule has 0 saturated carbocycles. The standard InChI is InChI=1S/C23H26N4O2S/c1-28-15-7-14-27-22(21(25-23(27)30)19-10-3-4-12-24-19)20-11-6-13-26(20)17-8-5-9-18(16-17)29-2/h3-6,8-13,16,21-22H,7,14-15H2,1-2H3,(H,25,30)/t21-,22+/m1/s1. The highest BCUT2D eigenvalue weighted by molar-refractivity contribution is 7.80. The Morgan fingerprint density at radius 3 is 2.77 bits per heavy atom.